The molecule has 0 bridgehead atoms. The van der Waals surface area contributed by atoms with Crippen LogP contribution in [0.3, 0.4) is 0 Å². The van der Waals surface area contributed by atoms with Gasteiger partial charge in [0.25, 0.3) is 0 Å². The second-order valence-electron chi connectivity index (χ2n) is 1.91. The van der Waals surface area contributed by atoms with Gasteiger partial charge in [0.2, 0.25) is 0 Å². The van der Waals surface area contributed by atoms with E-state index in [9.17, 15) is 0 Å². The van der Waals surface area contributed by atoms with Crippen molar-refractivity contribution in [3.63, 3.8) is 0 Å². The number of hydrogen-bond donors (Lipinski definition) is 0. The Hall–Kier alpha value is 0.623. The topological polar surface area (TPSA) is 0 Å². The van der Waals surface area contributed by atoms with Gasteiger partial charge in [-0.1, -0.05) is 32.6 Å². The summed E-state index contributed by atoms with van der Waals surface area (Å²) in [4.78, 5) is 0. The van der Waals surface area contributed by atoms with Crippen LogP contribution in [0.15, 0.2) is 0 Å². The minimum atomic E-state index is 0. The monoisotopic (exact) mass is 178 g/mol. The molecule has 0 aliphatic carbocycles. The molecule has 0 heterocycles. The van der Waals surface area contributed by atoms with Crippen LogP contribution in [0.1, 0.15) is 39.0 Å². The first-order valence-electron chi connectivity index (χ1n) is 3.21. The Morgan fingerprint density at radius 2 is 1.67 bits per heavy atom. The first-order valence-corrected chi connectivity index (χ1v) is 3.21. The second-order valence-corrected chi connectivity index (χ2v) is 1.91. The van der Waals surface area contributed by atoms with E-state index in [0.717, 1.165) is 6.42 Å². The molecule has 0 aromatic carbocycles. The molecule has 0 atom stereocenters. The van der Waals surface area contributed by atoms with E-state index in [1.807, 2.05) is 0 Å². The molecular formula is C8H18Zn. The molecule has 9 heavy (non-hydrogen) atoms. The van der Waals surface area contributed by atoms with Gasteiger partial charge >= 0.3 is 19.5 Å². The molecule has 0 aliphatic heterocycles. The van der Waals surface area contributed by atoms with E-state index in [-0.39, 0.29) is 26.9 Å². The molecule has 0 aromatic heterocycles. The molecule has 0 aliphatic rings. The Morgan fingerprint density at radius 3 is 2.00 bits per heavy atom. The summed E-state index contributed by atoms with van der Waals surface area (Å²) < 4.78 is 0. The third-order valence-corrected chi connectivity index (χ3v) is 1.10. The van der Waals surface area contributed by atoms with E-state index < -0.39 is 0 Å². The van der Waals surface area contributed by atoms with Crippen molar-refractivity contribution in [3.05, 3.63) is 14.4 Å². The number of unbranched alkanes of at least 4 members (excludes halogenated alkanes) is 4. The standard InChI is InChI=1S/C7H15.CH3.Zn/c1-3-5-7-6-4-2;;/h1,3-7H2,2H3;1H3;/q2*-1;+2. The van der Waals surface area contributed by atoms with Crippen LogP contribution in [-0.2, 0) is 19.5 Å². The molecule has 0 rings (SSSR count). The molecular weight excluding hydrogens is 161 g/mol. The smallest absolute Gasteiger partial charge is 0.358 e. The Kier molecular flexibility index (Phi) is 28.7. The van der Waals surface area contributed by atoms with E-state index in [1.54, 1.807) is 0 Å². The first kappa shape index (κ1) is 16.3. The molecule has 0 N–H and O–H groups in total. The fourth-order valence-corrected chi connectivity index (χ4v) is 0.604. The van der Waals surface area contributed by atoms with Crippen molar-refractivity contribution in [1.29, 1.82) is 0 Å². The average Bonchev–Trinajstić information content (AvgIpc) is 1.69. The van der Waals surface area contributed by atoms with Gasteiger partial charge < -0.3 is 14.4 Å². The molecule has 0 saturated heterocycles. The third kappa shape index (κ3) is 17.7. The largest absolute Gasteiger partial charge is 2.00 e. The molecule has 1 heteroatoms. The van der Waals surface area contributed by atoms with Gasteiger partial charge in [-0.15, -0.1) is 0 Å². The zero-order chi connectivity index (χ0) is 5.54. The summed E-state index contributed by atoms with van der Waals surface area (Å²) >= 11 is 0. The van der Waals surface area contributed by atoms with Crippen LogP contribution in [0.25, 0.3) is 0 Å². The fourth-order valence-electron chi connectivity index (χ4n) is 0.604. The van der Waals surface area contributed by atoms with Crippen LogP contribution in [0.5, 0.6) is 0 Å². The van der Waals surface area contributed by atoms with Crippen molar-refractivity contribution in [2.75, 3.05) is 0 Å². The van der Waals surface area contributed by atoms with E-state index in [2.05, 4.69) is 13.8 Å². The summed E-state index contributed by atoms with van der Waals surface area (Å²) in [6, 6.07) is 0. The summed E-state index contributed by atoms with van der Waals surface area (Å²) in [7, 11) is 0. The molecule has 0 saturated carbocycles. The fraction of sp³-hybridized carbons (Fsp3) is 0.750. The van der Waals surface area contributed by atoms with Gasteiger partial charge in [0.1, 0.15) is 0 Å². The maximum absolute atomic E-state index is 3.76. The third-order valence-electron chi connectivity index (χ3n) is 1.10. The minimum absolute atomic E-state index is 0. The predicted molar refractivity (Wildman–Crippen MR) is 40.5 cm³/mol. The van der Waals surface area contributed by atoms with E-state index in [0.29, 0.717) is 0 Å². The Morgan fingerprint density at radius 1 is 1.11 bits per heavy atom. The van der Waals surface area contributed by atoms with Gasteiger partial charge in [0.05, 0.1) is 0 Å². The van der Waals surface area contributed by atoms with Gasteiger partial charge in [0, 0.05) is 0 Å². The number of hydrogen-bond acceptors (Lipinski definition) is 0. The Balaban J connectivity index is -0.000000180. The predicted octanol–water partition coefficient (Wildman–Crippen LogP) is 3.24. The van der Waals surface area contributed by atoms with Crippen LogP contribution in [0.4, 0.5) is 0 Å². The van der Waals surface area contributed by atoms with E-state index in [1.165, 1.54) is 25.7 Å². The molecule has 52 valence electrons. The van der Waals surface area contributed by atoms with Gasteiger partial charge in [-0.2, -0.15) is 6.42 Å². The zero-order valence-corrected chi connectivity index (χ0v) is 9.92. The van der Waals surface area contributed by atoms with Gasteiger partial charge in [0.15, 0.2) is 0 Å². The average molecular weight is 180 g/mol. The van der Waals surface area contributed by atoms with Gasteiger partial charge in [-0.25, -0.2) is 0 Å². The van der Waals surface area contributed by atoms with Gasteiger partial charge in [-0.05, 0) is 0 Å². The van der Waals surface area contributed by atoms with Crippen molar-refractivity contribution < 1.29 is 19.5 Å². The summed E-state index contributed by atoms with van der Waals surface area (Å²) in [6.07, 6.45) is 6.52. The quantitative estimate of drug-likeness (QED) is 0.353. The minimum Gasteiger partial charge on any atom is -0.358 e. The van der Waals surface area contributed by atoms with Crippen molar-refractivity contribution in [2.45, 2.75) is 39.0 Å². The van der Waals surface area contributed by atoms with Crippen molar-refractivity contribution >= 4 is 0 Å². The van der Waals surface area contributed by atoms with E-state index >= 15 is 0 Å². The Labute approximate surface area is 73.2 Å². The van der Waals surface area contributed by atoms with Crippen LogP contribution in [0.2, 0.25) is 0 Å². The second kappa shape index (κ2) is 15.8. The maximum Gasteiger partial charge on any atom is 2.00 e. The van der Waals surface area contributed by atoms with Crippen molar-refractivity contribution in [3.8, 4) is 0 Å². The molecule has 0 spiro atoms. The van der Waals surface area contributed by atoms with Crippen LogP contribution in [-0.4, -0.2) is 0 Å². The molecule has 0 aromatic rings. The van der Waals surface area contributed by atoms with Gasteiger partial charge in [-0.3, -0.25) is 0 Å². The van der Waals surface area contributed by atoms with Crippen LogP contribution < -0.4 is 0 Å². The SMILES string of the molecule is [CH2-]CCCCCC.[CH3-].[Zn+2]. The number of rotatable bonds is 4. The molecule has 0 amide bonds. The summed E-state index contributed by atoms with van der Waals surface area (Å²) in [5.41, 5.74) is 0. The summed E-state index contributed by atoms with van der Waals surface area (Å²) in [6.45, 7) is 5.98. The van der Waals surface area contributed by atoms with Crippen molar-refractivity contribution in [2.24, 2.45) is 0 Å². The molecule has 0 fully saturated rings. The maximum atomic E-state index is 3.76. The molecule has 0 radical (unpaired) electrons. The zero-order valence-electron chi connectivity index (χ0n) is 6.95. The van der Waals surface area contributed by atoms with Crippen LogP contribution >= 0.6 is 0 Å². The first-order chi connectivity index (χ1) is 3.41. The van der Waals surface area contributed by atoms with Crippen LogP contribution in [0, 0.1) is 14.4 Å². The van der Waals surface area contributed by atoms with E-state index in [4.69, 9.17) is 0 Å². The molecule has 0 unspecified atom stereocenters. The van der Waals surface area contributed by atoms with Crippen molar-refractivity contribution in [1.82, 2.24) is 0 Å². The molecule has 0 nitrogen and oxygen atoms in total. The normalized spacial score (nSPS) is 7.33. The Bertz CT molecular complexity index is 23.7. The summed E-state index contributed by atoms with van der Waals surface area (Å²) in [5, 5.41) is 0. The summed E-state index contributed by atoms with van der Waals surface area (Å²) in [5.74, 6) is 0.